The molecule has 0 aliphatic rings. The van der Waals surface area contributed by atoms with Crippen molar-refractivity contribution in [3.63, 3.8) is 0 Å². The van der Waals surface area contributed by atoms with Gasteiger partial charge in [0.15, 0.2) is 11.4 Å². The number of aldehydes is 1. The van der Waals surface area contributed by atoms with Crippen LogP contribution in [0, 0.1) is 6.92 Å². The number of hydrogen-bond acceptors (Lipinski definition) is 7. The number of aryl methyl sites for hydroxylation is 1. The molecule has 8 nitrogen and oxygen atoms in total. The molecule has 3 N–H and O–H groups in total. The molecule has 1 rings (SSSR count). The molecule has 2 amide bonds. The van der Waals surface area contributed by atoms with Crippen LogP contribution in [0.1, 0.15) is 74.2 Å². The molecule has 0 unspecified atom stereocenters. The van der Waals surface area contributed by atoms with Crippen LogP contribution in [-0.4, -0.2) is 42.5 Å². The predicted molar refractivity (Wildman–Crippen MR) is 107 cm³/mol. The van der Waals surface area contributed by atoms with Gasteiger partial charge in [0.1, 0.15) is 0 Å². The van der Waals surface area contributed by atoms with Crippen molar-refractivity contribution in [1.82, 2.24) is 10.5 Å². The lowest BCUT2D eigenvalue weighted by Crippen LogP contribution is -2.10. The Morgan fingerprint density at radius 1 is 1.19 bits per heavy atom. The highest BCUT2D eigenvalue weighted by Crippen LogP contribution is 2.20. The smallest absolute Gasteiger partial charge is 0.230 e. The van der Waals surface area contributed by atoms with Crippen LogP contribution >= 0.6 is 11.3 Å². The van der Waals surface area contributed by atoms with Crippen LogP contribution in [0.3, 0.4) is 0 Å². The molecule has 0 atom stereocenters. The fourth-order valence-electron chi connectivity index (χ4n) is 1.82. The first kappa shape index (κ1) is 27.4. The second-order valence-electron chi connectivity index (χ2n) is 5.48. The van der Waals surface area contributed by atoms with Gasteiger partial charge in [-0.15, -0.1) is 0 Å². The van der Waals surface area contributed by atoms with E-state index in [-0.39, 0.29) is 12.3 Å². The number of methoxy groups -OCH3 is 1. The second kappa shape index (κ2) is 20.5. The van der Waals surface area contributed by atoms with Crippen molar-refractivity contribution in [1.29, 1.82) is 0 Å². The molecule has 156 valence electrons. The molecule has 0 aliphatic heterocycles. The third kappa shape index (κ3) is 17.3. The fraction of sp³-hybridized carbons (Fsp3) is 0.667. The van der Waals surface area contributed by atoms with Gasteiger partial charge in [0.25, 0.3) is 0 Å². The van der Waals surface area contributed by atoms with E-state index in [2.05, 4.69) is 22.0 Å². The second-order valence-corrected chi connectivity index (χ2v) is 6.51. The first-order valence-corrected chi connectivity index (χ1v) is 9.86. The standard InChI is InChI=1S/C14H22N2O2S.C3H8O.CH3NO2/c1-3-4-5-6-7-8-9-13(18)16-14-15-11(2)12(10-17)19-14;1-3-4-2;3-1-2-4/h10H,3-9H2,1-2H3,(H,15,16,18);3H2,1-2H3;1,4H,(H,2,3). The maximum Gasteiger partial charge on any atom is 0.230 e. The summed E-state index contributed by atoms with van der Waals surface area (Å²) in [7, 11) is 1.68. The lowest BCUT2D eigenvalue weighted by Gasteiger charge is -2.01. The molecule has 0 radical (unpaired) electrons. The van der Waals surface area contributed by atoms with Crippen molar-refractivity contribution >= 4 is 35.1 Å². The number of nitrogens with one attached hydrogen (secondary N) is 2. The molecule has 0 bridgehead atoms. The number of hydrogen-bond donors (Lipinski definition) is 3. The molecule has 1 heterocycles. The lowest BCUT2D eigenvalue weighted by molar-refractivity contribution is -0.117. The van der Waals surface area contributed by atoms with Gasteiger partial charge in [0.2, 0.25) is 12.3 Å². The predicted octanol–water partition coefficient (Wildman–Crippen LogP) is 3.73. The van der Waals surface area contributed by atoms with E-state index in [9.17, 15) is 9.59 Å². The molecular weight excluding hydrogens is 370 g/mol. The summed E-state index contributed by atoms with van der Waals surface area (Å²) >= 11 is 1.23. The van der Waals surface area contributed by atoms with Gasteiger partial charge in [-0.05, 0) is 20.3 Å². The monoisotopic (exact) mass is 403 g/mol. The van der Waals surface area contributed by atoms with Crippen molar-refractivity contribution in [2.45, 2.75) is 65.7 Å². The maximum atomic E-state index is 11.7. The van der Waals surface area contributed by atoms with Gasteiger partial charge in [0.05, 0.1) is 10.6 Å². The zero-order valence-corrected chi connectivity index (χ0v) is 17.6. The highest BCUT2D eigenvalue weighted by molar-refractivity contribution is 7.17. The summed E-state index contributed by atoms with van der Waals surface area (Å²) in [6.45, 7) is 6.74. The number of ether oxygens (including phenoxy) is 1. The van der Waals surface area contributed by atoms with E-state index in [1.807, 2.05) is 6.92 Å². The molecule has 0 spiro atoms. The van der Waals surface area contributed by atoms with Crippen molar-refractivity contribution in [3.8, 4) is 0 Å². The Morgan fingerprint density at radius 3 is 2.19 bits per heavy atom. The number of unbranched alkanes of at least 4 members (excludes halogenated alkanes) is 5. The number of hydroxylamine groups is 1. The first-order chi connectivity index (χ1) is 13.0. The minimum atomic E-state index is -0.0123. The fourth-order valence-corrected chi connectivity index (χ4v) is 2.62. The molecule has 1 aromatic rings. The van der Waals surface area contributed by atoms with Crippen LogP contribution in [0.5, 0.6) is 0 Å². The normalized spacial score (nSPS) is 9.22. The molecule has 0 aliphatic carbocycles. The van der Waals surface area contributed by atoms with Crippen molar-refractivity contribution in [3.05, 3.63) is 10.6 Å². The Kier molecular flexibility index (Phi) is 20.8. The minimum Gasteiger partial charge on any atom is -0.385 e. The van der Waals surface area contributed by atoms with E-state index in [0.29, 0.717) is 22.1 Å². The molecule has 27 heavy (non-hydrogen) atoms. The van der Waals surface area contributed by atoms with Crippen molar-refractivity contribution < 1.29 is 24.3 Å². The highest BCUT2D eigenvalue weighted by Gasteiger charge is 2.09. The maximum absolute atomic E-state index is 11.7. The number of carbonyl (C=O) groups excluding carboxylic acids is 3. The SMILES string of the molecule is CCCCCCCCC(=O)Nc1nc(C)c(C=O)s1.CCOC.O=CNO. The van der Waals surface area contributed by atoms with Crippen LogP contribution < -0.4 is 10.8 Å². The van der Waals surface area contributed by atoms with E-state index in [1.165, 1.54) is 42.5 Å². The van der Waals surface area contributed by atoms with E-state index >= 15 is 0 Å². The molecular formula is C18H33N3O5S. The van der Waals surface area contributed by atoms with Crippen LogP contribution in [0.15, 0.2) is 0 Å². The van der Waals surface area contributed by atoms with Crippen LogP contribution in [0.4, 0.5) is 5.13 Å². The topological polar surface area (TPSA) is 118 Å². The van der Waals surface area contributed by atoms with Gasteiger partial charge in [-0.25, -0.2) is 10.5 Å². The average Bonchev–Trinajstić information content (AvgIpc) is 3.04. The number of aromatic nitrogens is 1. The summed E-state index contributed by atoms with van der Waals surface area (Å²) in [5.41, 5.74) is 1.93. The number of anilines is 1. The van der Waals surface area contributed by atoms with Gasteiger partial charge in [0, 0.05) is 20.1 Å². The molecule has 0 saturated heterocycles. The Morgan fingerprint density at radius 2 is 1.74 bits per heavy atom. The van der Waals surface area contributed by atoms with Crippen molar-refractivity contribution in [2.75, 3.05) is 19.0 Å². The van der Waals surface area contributed by atoms with Gasteiger partial charge >= 0.3 is 0 Å². The summed E-state index contributed by atoms with van der Waals surface area (Å²) in [4.78, 5) is 35.9. The Labute approximate surface area is 165 Å². The quantitative estimate of drug-likeness (QED) is 0.224. The summed E-state index contributed by atoms with van der Waals surface area (Å²) in [6, 6.07) is 0. The van der Waals surface area contributed by atoms with E-state index in [1.54, 1.807) is 14.0 Å². The number of rotatable bonds is 11. The Balaban J connectivity index is 0. The van der Waals surface area contributed by atoms with Crippen LogP contribution in [0.25, 0.3) is 0 Å². The Bertz CT molecular complexity index is 507. The van der Waals surface area contributed by atoms with E-state index in [0.717, 1.165) is 25.7 Å². The lowest BCUT2D eigenvalue weighted by atomic mass is 10.1. The van der Waals surface area contributed by atoms with Gasteiger partial charge < -0.3 is 10.1 Å². The first-order valence-electron chi connectivity index (χ1n) is 9.05. The Hall–Kier alpha value is -1.84. The largest absolute Gasteiger partial charge is 0.385 e. The summed E-state index contributed by atoms with van der Waals surface area (Å²) in [5, 5.41) is 10.5. The zero-order valence-electron chi connectivity index (χ0n) is 16.7. The number of nitrogens with zero attached hydrogens (tertiary/aromatic N) is 1. The molecule has 1 aromatic heterocycles. The summed E-state index contributed by atoms with van der Waals surface area (Å²) in [5.74, 6) is -0.0123. The van der Waals surface area contributed by atoms with Gasteiger partial charge in [-0.3, -0.25) is 19.6 Å². The third-order valence-electron chi connectivity index (χ3n) is 3.28. The molecule has 0 saturated carbocycles. The molecule has 0 aromatic carbocycles. The van der Waals surface area contributed by atoms with E-state index < -0.39 is 0 Å². The van der Waals surface area contributed by atoms with E-state index in [4.69, 9.17) is 10.0 Å². The van der Waals surface area contributed by atoms with Gasteiger partial charge in [-0.1, -0.05) is 50.4 Å². The van der Waals surface area contributed by atoms with Crippen molar-refractivity contribution in [2.24, 2.45) is 0 Å². The van der Waals surface area contributed by atoms with Gasteiger partial charge in [-0.2, -0.15) is 0 Å². The summed E-state index contributed by atoms with van der Waals surface area (Å²) in [6.07, 6.45) is 8.48. The summed E-state index contributed by atoms with van der Waals surface area (Å²) < 4.78 is 4.54. The van der Waals surface area contributed by atoms with Crippen LogP contribution in [0.2, 0.25) is 0 Å². The highest BCUT2D eigenvalue weighted by atomic mass is 32.1. The number of amides is 2. The minimum absolute atomic E-state index is 0.0123. The zero-order chi connectivity index (χ0) is 20.9. The third-order valence-corrected chi connectivity index (χ3v) is 4.28. The number of thiazole rings is 1. The van der Waals surface area contributed by atoms with Crippen LogP contribution in [-0.2, 0) is 14.3 Å². The molecule has 9 heteroatoms. The number of carbonyl (C=O) groups is 3. The molecule has 0 fully saturated rings. The average molecular weight is 404 g/mol.